The molecule has 0 N–H and O–H groups in total. The van der Waals surface area contributed by atoms with E-state index in [4.69, 9.17) is 16.9 Å². The third kappa shape index (κ3) is 1.45. The lowest BCUT2D eigenvalue weighted by Gasteiger charge is -2.00. The van der Waals surface area contributed by atoms with E-state index < -0.39 is 0 Å². The molecule has 0 aromatic carbocycles. The maximum atomic E-state index is 8.73. The second kappa shape index (κ2) is 3.52. The summed E-state index contributed by atoms with van der Waals surface area (Å²) in [6, 6.07) is 3.72. The van der Waals surface area contributed by atoms with Crippen molar-refractivity contribution in [3.8, 4) is 6.07 Å². The number of halogens is 2. The first-order valence-corrected chi connectivity index (χ1v) is 4.89. The molecule has 0 aliphatic carbocycles. The zero-order valence-corrected chi connectivity index (χ0v) is 9.17. The third-order valence-corrected chi connectivity index (χ3v) is 2.62. The van der Waals surface area contributed by atoms with Crippen molar-refractivity contribution in [3.05, 3.63) is 33.6 Å². The van der Waals surface area contributed by atoms with Crippen LogP contribution in [0.5, 0.6) is 0 Å². The monoisotopic (exact) mass is 267 g/mol. The van der Waals surface area contributed by atoms with Gasteiger partial charge in [-0.2, -0.15) is 5.26 Å². The number of fused-ring (bicyclic) bond motifs is 1. The summed E-state index contributed by atoms with van der Waals surface area (Å²) in [6.07, 6.45) is 3.05. The molecule has 14 heavy (non-hydrogen) atoms. The number of aromatic nitrogens is 2. The van der Waals surface area contributed by atoms with Gasteiger partial charge in [0.25, 0.3) is 0 Å². The van der Waals surface area contributed by atoms with Crippen LogP contribution in [0.3, 0.4) is 0 Å². The average molecular weight is 269 g/mol. The van der Waals surface area contributed by atoms with E-state index in [1.165, 1.54) is 6.20 Å². The number of hydrogen-bond donors (Lipinski definition) is 0. The Balaban J connectivity index is 2.85. The van der Waals surface area contributed by atoms with Crippen molar-refractivity contribution in [1.29, 1.82) is 5.26 Å². The van der Waals surface area contributed by atoms with Gasteiger partial charge in [-0.15, -0.1) is 0 Å². The van der Waals surface area contributed by atoms with Gasteiger partial charge in [-0.1, -0.05) is 11.6 Å². The smallest absolute Gasteiger partial charge is 0.108 e. The Kier molecular flexibility index (Phi) is 2.36. The van der Waals surface area contributed by atoms with Gasteiger partial charge in [0.15, 0.2) is 0 Å². The summed E-state index contributed by atoms with van der Waals surface area (Å²) < 4.78 is 0.693. The van der Waals surface area contributed by atoms with Crippen molar-refractivity contribution in [2.75, 3.05) is 0 Å². The van der Waals surface area contributed by atoms with Gasteiger partial charge >= 0.3 is 0 Å². The summed E-state index contributed by atoms with van der Waals surface area (Å²) in [7, 11) is 0. The summed E-state index contributed by atoms with van der Waals surface area (Å²) in [4.78, 5) is 8.12. The topological polar surface area (TPSA) is 49.6 Å². The van der Waals surface area contributed by atoms with E-state index in [0.29, 0.717) is 20.6 Å². The molecule has 0 aliphatic rings. The number of pyridine rings is 2. The van der Waals surface area contributed by atoms with Crippen LogP contribution in [-0.4, -0.2) is 9.97 Å². The minimum Gasteiger partial charge on any atom is -0.255 e. The molecule has 5 heteroatoms. The van der Waals surface area contributed by atoms with Gasteiger partial charge in [0.05, 0.1) is 16.1 Å². The van der Waals surface area contributed by atoms with Crippen molar-refractivity contribution in [2.45, 2.75) is 0 Å². The zero-order chi connectivity index (χ0) is 10.1. The average Bonchev–Trinajstić information content (AvgIpc) is 2.18. The molecule has 0 atom stereocenters. The van der Waals surface area contributed by atoms with Gasteiger partial charge in [0.2, 0.25) is 0 Å². The number of nitriles is 1. The lowest BCUT2D eigenvalue weighted by molar-refractivity contribution is 1.28. The maximum Gasteiger partial charge on any atom is 0.108 e. The molecule has 68 valence electrons. The molecule has 0 amide bonds. The Hall–Kier alpha value is -1.18. The van der Waals surface area contributed by atoms with E-state index in [-0.39, 0.29) is 0 Å². The molecular formula is C9H3BrClN3. The molecule has 2 aromatic heterocycles. The molecular weight excluding hydrogens is 265 g/mol. The Labute approximate surface area is 93.5 Å². The van der Waals surface area contributed by atoms with Crippen molar-refractivity contribution >= 4 is 38.4 Å². The molecule has 0 bridgehead atoms. The highest BCUT2D eigenvalue weighted by Gasteiger charge is 2.06. The molecule has 0 saturated heterocycles. The van der Waals surface area contributed by atoms with E-state index in [9.17, 15) is 0 Å². The van der Waals surface area contributed by atoms with Crippen LogP contribution in [0, 0.1) is 11.3 Å². The minimum absolute atomic E-state index is 0.364. The van der Waals surface area contributed by atoms with Crippen molar-refractivity contribution < 1.29 is 0 Å². The van der Waals surface area contributed by atoms with Gasteiger partial charge in [-0.25, -0.2) is 4.98 Å². The first kappa shape index (κ1) is 9.38. The van der Waals surface area contributed by atoms with E-state index in [2.05, 4.69) is 25.9 Å². The summed E-state index contributed by atoms with van der Waals surface area (Å²) in [5, 5.41) is 9.82. The Morgan fingerprint density at radius 2 is 2.14 bits per heavy atom. The van der Waals surface area contributed by atoms with Crippen LogP contribution < -0.4 is 0 Å². The van der Waals surface area contributed by atoms with Crippen molar-refractivity contribution in [2.24, 2.45) is 0 Å². The van der Waals surface area contributed by atoms with Gasteiger partial charge in [-0.05, 0) is 22.0 Å². The normalized spacial score (nSPS) is 10.1. The van der Waals surface area contributed by atoms with Crippen LogP contribution in [0.2, 0.25) is 5.02 Å². The Morgan fingerprint density at radius 3 is 2.86 bits per heavy atom. The first-order chi connectivity index (χ1) is 6.72. The minimum atomic E-state index is 0.364. The zero-order valence-electron chi connectivity index (χ0n) is 6.83. The van der Waals surface area contributed by atoms with E-state index in [1.54, 1.807) is 12.3 Å². The quantitative estimate of drug-likeness (QED) is 0.690. The Morgan fingerprint density at radius 1 is 1.36 bits per heavy atom. The second-order valence-corrected chi connectivity index (χ2v) is 3.81. The van der Waals surface area contributed by atoms with Crippen molar-refractivity contribution in [3.63, 3.8) is 0 Å². The summed E-state index contributed by atoms with van der Waals surface area (Å²) in [5.74, 6) is 0. The van der Waals surface area contributed by atoms with Crippen LogP contribution in [0.1, 0.15) is 5.56 Å². The summed E-state index contributed by atoms with van der Waals surface area (Å²) in [5.41, 5.74) is 1.08. The SMILES string of the molecule is N#Cc1cnc2cc(Br)ncc2c1Cl. The van der Waals surface area contributed by atoms with E-state index in [0.717, 1.165) is 5.52 Å². The largest absolute Gasteiger partial charge is 0.255 e. The molecule has 2 rings (SSSR count). The molecule has 2 aromatic rings. The molecule has 3 nitrogen and oxygen atoms in total. The number of rotatable bonds is 0. The fraction of sp³-hybridized carbons (Fsp3) is 0. The fourth-order valence-electron chi connectivity index (χ4n) is 1.11. The van der Waals surface area contributed by atoms with E-state index in [1.807, 2.05) is 6.07 Å². The fourth-order valence-corrected chi connectivity index (χ4v) is 1.67. The van der Waals surface area contributed by atoms with Crippen LogP contribution in [-0.2, 0) is 0 Å². The highest BCUT2D eigenvalue weighted by molar-refractivity contribution is 9.10. The van der Waals surface area contributed by atoms with Gasteiger partial charge in [0, 0.05) is 17.8 Å². The molecule has 0 fully saturated rings. The molecule has 0 aliphatic heterocycles. The third-order valence-electron chi connectivity index (χ3n) is 1.77. The molecule has 0 saturated carbocycles. The van der Waals surface area contributed by atoms with Crippen LogP contribution in [0.15, 0.2) is 23.1 Å². The van der Waals surface area contributed by atoms with Gasteiger partial charge in [-0.3, -0.25) is 4.98 Å². The second-order valence-electron chi connectivity index (χ2n) is 2.62. The standard InChI is InChI=1S/C9H3BrClN3/c10-8-1-7-6(4-14-8)9(11)5(2-12)3-13-7/h1,3-4H. The summed E-state index contributed by atoms with van der Waals surface area (Å²) in [6.45, 7) is 0. The molecule has 2 heterocycles. The van der Waals surface area contributed by atoms with E-state index >= 15 is 0 Å². The van der Waals surface area contributed by atoms with Crippen LogP contribution >= 0.6 is 27.5 Å². The maximum absolute atomic E-state index is 8.73. The lowest BCUT2D eigenvalue weighted by atomic mass is 10.2. The highest BCUT2D eigenvalue weighted by Crippen LogP contribution is 2.25. The van der Waals surface area contributed by atoms with Crippen LogP contribution in [0.4, 0.5) is 0 Å². The van der Waals surface area contributed by atoms with Crippen LogP contribution in [0.25, 0.3) is 10.9 Å². The first-order valence-electron chi connectivity index (χ1n) is 3.72. The highest BCUT2D eigenvalue weighted by atomic mass is 79.9. The molecule has 0 spiro atoms. The lowest BCUT2D eigenvalue weighted by Crippen LogP contribution is -1.86. The Bertz CT molecular complexity index is 547. The van der Waals surface area contributed by atoms with Gasteiger partial charge < -0.3 is 0 Å². The number of hydrogen-bond acceptors (Lipinski definition) is 3. The molecule has 0 unspecified atom stereocenters. The summed E-state index contributed by atoms with van der Waals surface area (Å²) >= 11 is 9.21. The number of nitrogens with zero attached hydrogens (tertiary/aromatic N) is 3. The van der Waals surface area contributed by atoms with Crippen molar-refractivity contribution in [1.82, 2.24) is 9.97 Å². The van der Waals surface area contributed by atoms with Gasteiger partial charge in [0.1, 0.15) is 10.7 Å². The molecule has 0 radical (unpaired) electrons. The predicted molar refractivity (Wildman–Crippen MR) is 57.0 cm³/mol. The predicted octanol–water partition coefficient (Wildman–Crippen LogP) is 2.92.